The van der Waals surface area contributed by atoms with Gasteiger partial charge in [-0.15, -0.1) is 0 Å². The first-order valence-corrected chi connectivity index (χ1v) is 7.25. The summed E-state index contributed by atoms with van der Waals surface area (Å²) in [5.41, 5.74) is 5.68. The summed E-state index contributed by atoms with van der Waals surface area (Å²) in [5, 5.41) is 10.1. The number of aliphatic hydroxyl groups excluding tert-OH is 1. The molecule has 4 atom stereocenters. The van der Waals surface area contributed by atoms with E-state index in [1.165, 1.54) is 0 Å². The molecule has 0 amide bonds. The summed E-state index contributed by atoms with van der Waals surface area (Å²) in [7, 11) is 0. The normalized spacial score (nSPS) is 31.3. The molecule has 0 radical (unpaired) electrons. The number of aliphatic hydroxyl groups is 1. The molecule has 4 nitrogen and oxygen atoms in total. The molecular formula is C15H31NO3. The summed E-state index contributed by atoms with van der Waals surface area (Å²) in [5.74, 6) is 0. The van der Waals surface area contributed by atoms with E-state index in [-0.39, 0.29) is 29.5 Å². The summed E-state index contributed by atoms with van der Waals surface area (Å²) in [6.45, 7) is 12.3. The topological polar surface area (TPSA) is 64.7 Å². The van der Waals surface area contributed by atoms with Crippen LogP contribution < -0.4 is 5.73 Å². The van der Waals surface area contributed by atoms with Crippen molar-refractivity contribution in [3.05, 3.63) is 0 Å². The first kappa shape index (κ1) is 16.9. The van der Waals surface area contributed by atoms with Crippen molar-refractivity contribution < 1.29 is 14.6 Å². The van der Waals surface area contributed by atoms with Gasteiger partial charge in [0.15, 0.2) is 6.29 Å². The fraction of sp³-hybridized carbons (Fsp3) is 1.00. The Balaban J connectivity index is 2.54. The molecule has 0 aromatic carbocycles. The highest BCUT2D eigenvalue weighted by Gasteiger charge is 2.36. The van der Waals surface area contributed by atoms with Gasteiger partial charge in [0.1, 0.15) is 0 Å². The van der Waals surface area contributed by atoms with E-state index in [9.17, 15) is 5.11 Å². The zero-order chi connectivity index (χ0) is 14.8. The molecule has 4 unspecified atom stereocenters. The number of nitrogens with two attached hydrogens (primary N) is 1. The number of rotatable bonds is 4. The highest BCUT2D eigenvalue weighted by molar-refractivity contribution is 4.84. The average molecular weight is 273 g/mol. The predicted octanol–water partition coefficient (Wildman–Crippen LogP) is 2.43. The maximum absolute atomic E-state index is 10.1. The molecule has 1 aliphatic heterocycles. The molecule has 1 aliphatic rings. The van der Waals surface area contributed by atoms with Crippen LogP contribution in [0.1, 0.15) is 60.8 Å². The van der Waals surface area contributed by atoms with Crippen LogP contribution in [0.4, 0.5) is 0 Å². The van der Waals surface area contributed by atoms with E-state index in [2.05, 4.69) is 20.8 Å². The predicted molar refractivity (Wildman–Crippen MR) is 76.8 cm³/mol. The second-order valence-electron chi connectivity index (χ2n) is 7.63. The first-order valence-electron chi connectivity index (χ1n) is 7.25. The van der Waals surface area contributed by atoms with Gasteiger partial charge in [-0.1, -0.05) is 20.8 Å². The van der Waals surface area contributed by atoms with E-state index in [0.29, 0.717) is 12.8 Å². The summed E-state index contributed by atoms with van der Waals surface area (Å²) in [6.07, 6.45) is 1.63. The van der Waals surface area contributed by atoms with Crippen molar-refractivity contribution in [3.63, 3.8) is 0 Å². The Morgan fingerprint density at radius 2 is 1.79 bits per heavy atom. The SMILES string of the molecule is CC1OC(CC(O)CC(C)(C)N)CC(C(C)(C)C)O1. The highest BCUT2D eigenvalue weighted by Crippen LogP contribution is 2.33. The van der Waals surface area contributed by atoms with E-state index < -0.39 is 6.10 Å². The molecule has 1 heterocycles. The average Bonchev–Trinajstić information content (AvgIpc) is 2.11. The molecule has 19 heavy (non-hydrogen) atoms. The third kappa shape index (κ3) is 6.21. The largest absolute Gasteiger partial charge is 0.393 e. The van der Waals surface area contributed by atoms with E-state index >= 15 is 0 Å². The van der Waals surface area contributed by atoms with Crippen LogP contribution in [0.5, 0.6) is 0 Å². The van der Waals surface area contributed by atoms with Gasteiger partial charge in [-0.3, -0.25) is 0 Å². The van der Waals surface area contributed by atoms with E-state index in [4.69, 9.17) is 15.2 Å². The monoisotopic (exact) mass is 273 g/mol. The van der Waals surface area contributed by atoms with Gasteiger partial charge in [-0.25, -0.2) is 0 Å². The van der Waals surface area contributed by atoms with Crippen LogP contribution in [0.3, 0.4) is 0 Å². The Morgan fingerprint density at radius 3 is 2.26 bits per heavy atom. The molecule has 0 saturated carbocycles. The molecule has 4 heteroatoms. The maximum Gasteiger partial charge on any atom is 0.155 e. The molecule has 0 bridgehead atoms. The first-order chi connectivity index (χ1) is 8.47. The van der Waals surface area contributed by atoms with Crippen LogP contribution in [-0.4, -0.2) is 35.2 Å². The Hall–Kier alpha value is -0.160. The standard InChI is InChI=1S/C15H31NO3/c1-10-18-12(7-11(17)9-15(5,6)16)8-13(19-10)14(2,3)4/h10-13,17H,7-9,16H2,1-6H3. The lowest BCUT2D eigenvalue weighted by molar-refractivity contribution is -0.257. The Labute approximate surface area is 117 Å². The van der Waals surface area contributed by atoms with E-state index in [1.54, 1.807) is 0 Å². The van der Waals surface area contributed by atoms with Crippen LogP contribution in [0.15, 0.2) is 0 Å². The molecule has 0 aromatic heterocycles. The second-order valence-corrected chi connectivity index (χ2v) is 7.63. The van der Waals surface area contributed by atoms with Gasteiger partial charge < -0.3 is 20.3 Å². The third-order valence-electron chi connectivity index (χ3n) is 3.48. The molecule has 0 aliphatic carbocycles. The lowest BCUT2D eigenvalue weighted by Gasteiger charge is -2.41. The minimum Gasteiger partial charge on any atom is -0.393 e. The van der Waals surface area contributed by atoms with Gasteiger partial charge in [0.2, 0.25) is 0 Å². The van der Waals surface area contributed by atoms with Gasteiger partial charge in [0, 0.05) is 12.0 Å². The van der Waals surface area contributed by atoms with E-state index in [1.807, 2.05) is 20.8 Å². The van der Waals surface area contributed by atoms with Crippen LogP contribution in [0, 0.1) is 5.41 Å². The smallest absolute Gasteiger partial charge is 0.155 e. The second kappa shape index (κ2) is 6.08. The highest BCUT2D eigenvalue weighted by atomic mass is 16.7. The molecule has 0 spiro atoms. The van der Waals surface area contributed by atoms with Gasteiger partial charge >= 0.3 is 0 Å². The zero-order valence-electron chi connectivity index (χ0n) is 13.3. The zero-order valence-corrected chi connectivity index (χ0v) is 13.3. The van der Waals surface area contributed by atoms with Crippen molar-refractivity contribution in [1.29, 1.82) is 0 Å². The fourth-order valence-electron chi connectivity index (χ4n) is 2.59. The molecule has 0 aromatic rings. The summed E-state index contributed by atoms with van der Waals surface area (Å²) in [4.78, 5) is 0. The van der Waals surface area contributed by atoms with Gasteiger partial charge in [-0.2, -0.15) is 0 Å². The molecule has 114 valence electrons. The quantitative estimate of drug-likeness (QED) is 0.825. The van der Waals surface area contributed by atoms with Crippen LogP contribution >= 0.6 is 0 Å². The van der Waals surface area contributed by atoms with Gasteiger partial charge in [0.25, 0.3) is 0 Å². The Kier molecular flexibility index (Phi) is 5.41. The fourth-order valence-corrected chi connectivity index (χ4v) is 2.59. The van der Waals surface area contributed by atoms with Crippen molar-refractivity contribution in [1.82, 2.24) is 0 Å². The number of ether oxygens (including phenoxy) is 2. The lowest BCUT2D eigenvalue weighted by Crippen LogP contribution is -2.45. The minimum absolute atomic E-state index is 0.0466. The van der Waals surface area contributed by atoms with Crippen LogP contribution in [-0.2, 0) is 9.47 Å². The number of hydrogen-bond donors (Lipinski definition) is 2. The van der Waals surface area contributed by atoms with Gasteiger partial charge in [-0.05, 0) is 39.0 Å². The summed E-state index contributed by atoms with van der Waals surface area (Å²) >= 11 is 0. The van der Waals surface area contributed by atoms with Crippen LogP contribution in [0.25, 0.3) is 0 Å². The van der Waals surface area contributed by atoms with Crippen molar-refractivity contribution >= 4 is 0 Å². The number of hydrogen-bond acceptors (Lipinski definition) is 4. The lowest BCUT2D eigenvalue weighted by atomic mass is 9.83. The maximum atomic E-state index is 10.1. The summed E-state index contributed by atoms with van der Waals surface area (Å²) < 4.78 is 11.6. The molecule has 1 rings (SSSR count). The van der Waals surface area contributed by atoms with Crippen LogP contribution in [0.2, 0.25) is 0 Å². The van der Waals surface area contributed by atoms with Crippen molar-refractivity contribution in [2.75, 3.05) is 0 Å². The Morgan fingerprint density at radius 1 is 1.21 bits per heavy atom. The molecule has 3 N–H and O–H groups in total. The summed E-state index contributed by atoms with van der Waals surface area (Å²) in [6, 6.07) is 0. The molecule has 1 fully saturated rings. The van der Waals surface area contributed by atoms with Crippen molar-refractivity contribution in [2.45, 2.75) is 90.9 Å². The minimum atomic E-state index is -0.420. The molecule has 1 saturated heterocycles. The third-order valence-corrected chi connectivity index (χ3v) is 3.48. The van der Waals surface area contributed by atoms with Gasteiger partial charge in [0.05, 0.1) is 18.3 Å². The molecular weight excluding hydrogens is 242 g/mol. The Bertz CT molecular complexity index is 280. The van der Waals surface area contributed by atoms with Crippen molar-refractivity contribution in [3.8, 4) is 0 Å². The van der Waals surface area contributed by atoms with E-state index in [0.717, 1.165) is 6.42 Å². The van der Waals surface area contributed by atoms with Crippen molar-refractivity contribution in [2.24, 2.45) is 11.1 Å².